The molecule has 0 aliphatic heterocycles. The Hall–Kier alpha value is -0.770. The first-order chi connectivity index (χ1) is 7.29. The highest BCUT2D eigenvalue weighted by molar-refractivity contribution is 7.19. The maximum atomic E-state index is 5.67. The Morgan fingerprint density at radius 2 is 2.33 bits per heavy atom. The summed E-state index contributed by atoms with van der Waals surface area (Å²) >= 11 is 1.55. The van der Waals surface area contributed by atoms with Crippen molar-refractivity contribution in [3.05, 3.63) is 6.20 Å². The third-order valence-electron chi connectivity index (χ3n) is 3.27. The van der Waals surface area contributed by atoms with Gasteiger partial charge in [-0.25, -0.2) is 4.98 Å². The van der Waals surface area contributed by atoms with E-state index in [-0.39, 0.29) is 0 Å². The van der Waals surface area contributed by atoms with Crippen LogP contribution in [0.3, 0.4) is 0 Å². The molecule has 84 valence electrons. The summed E-state index contributed by atoms with van der Waals surface area (Å²) in [4.78, 5) is 4.26. The summed E-state index contributed by atoms with van der Waals surface area (Å²) in [5.41, 5.74) is 5.67. The highest BCUT2D eigenvalue weighted by Crippen LogP contribution is 2.30. The van der Waals surface area contributed by atoms with E-state index >= 15 is 0 Å². The summed E-state index contributed by atoms with van der Waals surface area (Å²) in [6, 6.07) is 0.606. The molecule has 0 bridgehead atoms. The maximum absolute atomic E-state index is 5.67. The van der Waals surface area contributed by atoms with Crippen LogP contribution in [0.25, 0.3) is 0 Å². The standard InChI is InChI=1S/C11H19N3S/c1-2-8-5-3-4-6-9(8)14-11-13-7-10(12)15-11/h7-9H,2-6,12H2,1H3,(H,13,14). The Bertz CT molecular complexity index is 311. The highest BCUT2D eigenvalue weighted by Gasteiger charge is 2.23. The van der Waals surface area contributed by atoms with Gasteiger partial charge in [0.2, 0.25) is 0 Å². The number of nitrogens with zero attached hydrogens (tertiary/aromatic N) is 1. The van der Waals surface area contributed by atoms with Crippen molar-refractivity contribution in [2.45, 2.75) is 45.1 Å². The number of aromatic nitrogens is 1. The fourth-order valence-corrected chi connectivity index (χ4v) is 3.04. The summed E-state index contributed by atoms with van der Waals surface area (Å²) in [7, 11) is 0. The molecule has 0 saturated heterocycles. The Kier molecular flexibility index (Phi) is 3.46. The largest absolute Gasteiger partial charge is 0.389 e. The molecule has 1 aliphatic rings. The number of nitrogens with two attached hydrogens (primary N) is 1. The summed E-state index contributed by atoms with van der Waals surface area (Å²) in [5.74, 6) is 0.809. The number of nitrogen functional groups attached to an aromatic ring is 1. The SMILES string of the molecule is CCC1CCCCC1Nc1ncc(N)s1. The number of nitrogens with one attached hydrogen (secondary N) is 1. The van der Waals surface area contributed by atoms with E-state index in [9.17, 15) is 0 Å². The van der Waals surface area contributed by atoms with Gasteiger partial charge in [-0.1, -0.05) is 37.5 Å². The van der Waals surface area contributed by atoms with E-state index in [0.717, 1.165) is 16.1 Å². The molecule has 4 heteroatoms. The zero-order valence-corrected chi connectivity index (χ0v) is 10.0. The topological polar surface area (TPSA) is 50.9 Å². The lowest BCUT2D eigenvalue weighted by Crippen LogP contribution is -2.31. The van der Waals surface area contributed by atoms with Crippen molar-refractivity contribution in [3.8, 4) is 0 Å². The average molecular weight is 225 g/mol. The lowest BCUT2D eigenvalue weighted by atomic mass is 9.83. The van der Waals surface area contributed by atoms with Gasteiger partial charge in [0.15, 0.2) is 5.13 Å². The van der Waals surface area contributed by atoms with Crippen molar-refractivity contribution >= 4 is 21.5 Å². The van der Waals surface area contributed by atoms with Crippen molar-refractivity contribution in [3.63, 3.8) is 0 Å². The quantitative estimate of drug-likeness (QED) is 0.831. The first-order valence-corrected chi connectivity index (χ1v) is 6.59. The van der Waals surface area contributed by atoms with Crippen LogP contribution in [-0.2, 0) is 0 Å². The second kappa shape index (κ2) is 4.84. The van der Waals surface area contributed by atoms with Crippen molar-refractivity contribution in [2.24, 2.45) is 5.92 Å². The number of rotatable bonds is 3. The lowest BCUT2D eigenvalue weighted by molar-refractivity contribution is 0.317. The molecule has 2 rings (SSSR count). The van der Waals surface area contributed by atoms with Crippen molar-refractivity contribution < 1.29 is 0 Å². The fourth-order valence-electron chi connectivity index (χ4n) is 2.40. The van der Waals surface area contributed by atoms with Crippen LogP contribution in [0.15, 0.2) is 6.20 Å². The molecule has 3 nitrogen and oxygen atoms in total. The second-order valence-electron chi connectivity index (χ2n) is 4.27. The Morgan fingerprint density at radius 1 is 1.53 bits per heavy atom. The third kappa shape index (κ3) is 2.62. The van der Waals surface area contributed by atoms with Gasteiger partial charge < -0.3 is 11.1 Å². The van der Waals surface area contributed by atoms with Gasteiger partial charge in [-0.3, -0.25) is 0 Å². The van der Waals surface area contributed by atoms with Gasteiger partial charge in [-0.15, -0.1) is 0 Å². The molecule has 1 saturated carbocycles. The van der Waals surface area contributed by atoms with Crippen LogP contribution in [0.2, 0.25) is 0 Å². The number of hydrogen-bond acceptors (Lipinski definition) is 4. The minimum atomic E-state index is 0.606. The molecule has 1 aromatic heterocycles. The highest BCUT2D eigenvalue weighted by atomic mass is 32.1. The van der Waals surface area contributed by atoms with E-state index in [4.69, 9.17) is 5.73 Å². The number of anilines is 2. The smallest absolute Gasteiger partial charge is 0.184 e. The monoisotopic (exact) mass is 225 g/mol. The van der Waals surface area contributed by atoms with Crippen LogP contribution >= 0.6 is 11.3 Å². The molecule has 1 aliphatic carbocycles. The Balaban J connectivity index is 1.97. The minimum Gasteiger partial charge on any atom is -0.389 e. The van der Waals surface area contributed by atoms with E-state index in [2.05, 4.69) is 17.2 Å². The molecule has 0 radical (unpaired) electrons. The van der Waals surface area contributed by atoms with E-state index in [1.807, 2.05) is 0 Å². The first kappa shape index (κ1) is 10.7. The molecule has 1 heterocycles. The van der Waals surface area contributed by atoms with Crippen molar-refractivity contribution in [1.82, 2.24) is 4.98 Å². The Morgan fingerprint density at radius 3 is 3.00 bits per heavy atom. The van der Waals surface area contributed by atoms with Crippen LogP contribution in [0.5, 0.6) is 0 Å². The summed E-state index contributed by atoms with van der Waals surface area (Å²) in [6.45, 7) is 2.28. The lowest BCUT2D eigenvalue weighted by Gasteiger charge is -2.31. The summed E-state index contributed by atoms with van der Waals surface area (Å²) < 4.78 is 0. The molecule has 2 atom stereocenters. The van der Waals surface area contributed by atoms with Gasteiger partial charge in [0.05, 0.1) is 6.20 Å². The summed E-state index contributed by atoms with van der Waals surface area (Å²) in [6.07, 6.45) is 8.36. The van der Waals surface area contributed by atoms with Gasteiger partial charge in [0.1, 0.15) is 5.00 Å². The molecule has 0 amide bonds. The van der Waals surface area contributed by atoms with Gasteiger partial charge >= 0.3 is 0 Å². The molecule has 3 N–H and O–H groups in total. The molecular weight excluding hydrogens is 206 g/mol. The van der Waals surface area contributed by atoms with Gasteiger partial charge in [0.25, 0.3) is 0 Å². The van der Waals surface area contributed by atoms with Crippen LogP contribution in [0, 0.1) is 5.92 Å². The summed E-state index contributed by atoms with van der Waals surface area (Å²) in [5, 5.41) is 5.31. The van der Waals surface area contributed by atoms with Gasteiger partial charge in [-0.05, 0) is 18.8 Å². The van der Waals surface area contributed by atoms with E-state index < -0.39 is 0 Å². The van der Waals surface area contributed by atoms with E-state index in [1.165, 1.54) is 32.1 Å². The Labute approximate surface area is 95.1 Å². The van der Waals surface area contributed by atoms with Crippen molar-refractivity contribution in [2.75, 3.05) is 11.1 Å². The van der Waals surface area contributed by atoms with Gasteiger partial charge in [-0.2, -0.15) is 0 Å². The fraction of sp³-hybridized carbons (Fsp3) is 0.727. The first-order valence-electron chi connectivity index (χ1n) is 5.77. The molecular formula is C11H19N3S. The zero-order chi connectivity index (χ0) is 10.7. The predicted molar refractivity (Wildman–Crippen MR) is 66.2 cm³/mol. The average Bonchev–Trinajstić information content (AvgIpc) is 2.65. The van der Waals surface area contributed by atoms with Gasteiger partial charge in [0, 0.05) is 6.04 Å². The van der Waals surface area contributed by atoms with Crippen molar-refractivity contribution in [1.29, 1.82) is 0 Å². The predicted octanol–water partition coefficient (Wildman–Crippen LogP) is 3.11. The molecule has 1 aromatic rings. The van der Waals surface area contributed by atoms with Crippen LogP contribution < -0.4 is 11.1 Å². The second-order valence-corrected chi connectivity index (χ2v) is 5.33. The maximum Gasteiger partial charge on any atom is 0.184 e. The molecule has 0 spiro atoms. The normalized spacial score (nSPS) is 26.5. The molecule has 15 heavy (non-hydrogen) atoms. The van der Waals surface area contributed by atoms with E-state index in [0.29, 0.717) is 6.04 Å². The van der Waals surface area contributed by atoms with E-state index in [1.54, 1.807) is 17.5 Å². The van der Waals surface area contributed by atoms with Crippen LogP contribution in [-0.4, -0.2) is 11.0 Å². The molecule has 0 aromatic carbocycles. The molecule has 2 unspecified atom stereocenters. The molecule has 1 fully saturated rings. The number of hydrogen-bond donors (Lipinski definition) is 2. The third-order valence-corrected chi connectivity index (χ3v) is 4.02. The van der Waals surface area contributed by atoms with Crippen LogP contribution in [0.4, 0.5) is 10.1 Å². The zero-order valence-electron chi connectivity index (χ0n) is 9.20. The van der Waals surface area contributed by atoms with Crippen LogP contribution in [0.1, 0.15) is 39.0 Å². The number of thiazole rings is 1. The minimum absolute atomic E-state index is 0.606.